The standard InChI is InChI=1S/C10H11NO4S2/c1-6(9(14)11-5-8(12)13)17-10(15)7-3-2-4-16-7/h2-4,6H,5H2,1H3,(H,11,14)(H,12,13)/p-1/t6-/m1/s1. The fourth-order valence-corrected chi connectivity index (χ4v) is 2.51. The second kappa shape index (κ2) is 6.41. The van der Waals surface area contributed by atoms with E-state index in [-0.39, 0.29) is 5.12 Å². The van der Waals surface area contributed by atoms with Crippen LogP contribution in [-0.2, 0) is 9.59 Å². The number of thioether (sulfide) groups is 1. The molecule has 0 aliphatic carbocycles. The van der Waals surface area contributed by atoms with Gasteiger partial charge in [0.25, 0.3) is 0 Å². The van der Waals surface area contributed by atoms with E-state index >= 15 is 0 Å². The van der Waals surface area contributed by atoms with Gasteiger partial charge in [-0.2, -0.15) is 0 Å². The van der Waals surface area contributed by atoms with Gasteiger partial charge in [-0.05, 0) is 18.4 Å². The van der Waals surface area contributed by atoms with Crippen LogP contribution in [0.5, 0.6) is 0 Å². The number of rotatable bonds is 5. The largest absolute Gasteiger partial charge is 0.548 e. The lowest BCUT2D eigenvalue weighted by molar-refractivity contribution is -0.304. The first-order valence-corrected chi connectivity index (χ1v) is 6.48. The number of carbonyl (C=O) groups is 3. The third-order valence-electron chi connectivity index (χ3n) is 1.78. The zero-order valence-electron chi connectivity index (χ0n) is 8.97. The summed E-state index contributed by atoms with van der Waals surface area (Å²) in [5.74, 6) is -1.86. The van der Waals surface area contributed by atoms with E-state index in [1.165, 1.54) is 11.3 Å². The first-order chi connectivity index (χ1) is 8.00. The van der Waals surface area contributed by atoms with Crippen LogP contribution < -0.4 is 10.4 Å². The number of aliphatic carboxylic acids is 1. The average Bonchev–Trinajstić information content (AvgIpc) is 2.78. The van der Waals surface area contributed by atoms with Crippen LogP contribution in [0, 0.1) is 0 Å². The van der Waals surface area contributed by atoms with Crippen LogP contribution in [0.3, 0.4) is 0 Å². The summed E-state index contributed by atoms with van der Waals surface area (Å²) in [4.78, 5) is 33.7. The van der Waals surface area contributed by atoms with Crippen LogP contribution in [-0.4, -0.2) is 28.8 Å². The summed E-state index contributed by atoms with van der Waals surface area (Å²) < 4.78 is 0. The highest BCUT2D eigenvalue weighted by molar-refractivity contribution is 8.15. The number of amides is 1. The number of carboxylic acids is 1. The van der Waals surface area contributed by atoms with Gasteiger partial charge in [0.05, 0.1) is 22.6 Å². The van der Waals surface area contributed by atoms with Gasteiger partial charge in [-0.15, -0.1) is 11.3 Å². The summed E-state index contributed by atoms with van der Waals surface area (Å²) in [5, 5.41) is 13.2. The van der Waals surface area contributed by atoms with Gasteiger partial charge in [-0.3, -0.25) is 9.59 Å². The van der Waals surface area contributed by atoms with Crippen molar-refractivity contribution in [2.45, 2.75) is 12.2 Å². The van der Waals surface area contributed by atoms with Crippen LogP contribution >= 0.6 is 23.1 Å². The molecule has 1 heterocycles. The summed E-state index contributed by atoms with van der Waals surface area (Å²) >= 11 is 2.16. The minimum atomic E-state index is -1.36. The molecule has 0 fully saturated rings. The molecule has 0 aromatic carbocycles. The molecular formula is C10H10NO4S2-. The number of hydrogen-bond donors (Lipinski definition) is 1. The highest BCUT2D eigenvalue weighted by atomic mass is 32.2. The molecule has 1 N–H and O–H groups in total. The maximum absolute atomic E-state index is 11.6. The van der Waals surface area contributed by atoms with Crippen molar-refractivity contribution < 1.29 is 19.5 Å². The summed E-state index contributed by atoms with van der Waals surface area (Å²) in [6.45, 7) is 0.998. The van der Waals surface area contributed by atoms with Crippen molar-refractivity contribution in [1.29, 1.82) is 0 Å². The Morgan fingerprint density at radius 2 is 2.24 bits per heavy atom. The zero-order valence-corrected chi connectivity index (χ0v) is 10.6. The lowest BCUT2D eigenvalue weighted by Gasteiger charge is -2.10. The molecule has 1 aromatic heterocycles. The second-order valence-corrected chi connectivity index (χ2v) is 5.38. The second-order valence-electron chi connectivity index (χ2n) is 3.11. The van der Waals surface area contributed by atoms with Crippen molar-refractivity contribution in [2.24, 2.45) is 0 Å². The topological polar surface area (TPSA) is 86.3 Å². The Labute approximate surface area is 106 Å². The summed E-state index contributed by atoms with van der Waals surface area (Å²) in [5.41, 5.74) is 0. The van der Waals surface area contributed by atoms with E-state index in [4.69, 9.17) is 0 Å². The molecule has 1 rings (SSSR count). The first kappa shape index (κ1) is 13.7. The number of carbonyl (C=O) groups excluding carboxylic acids is 3. The number of hydrogen-bond acceptors (Lipinski definition) is 6. The number of carboxylic acid groups (broad SMARTS) is 1. The van der Waals surface area contributed by atoms with Crippen molar-refractivity contribution in [2.75, 3.05) is 6.54 Å². The van der Waals surface area contributed by atoms with Gasteiger partial charge < -0.3 is 15.2 Å². The molecule has 1 aromatic rings. The van der Waals surface area contributed by atoms with Crippen LogP contribution in [0.1, 0.15) is 16.6 Å². The van der Waals surface area contributed by atoms with Gasteiger partial charge in [0.15, 0.2) is 0 Å². The molecule has 0 saturated heterocycles. The molecule has 0 aliphatic rings. The molecule has 0 aliphatic heterocycles. The van der Waals surface area contributed by atoms with E-state index in [1.807, 2.05) is 0 Å². The Morgan fingerprint density at radius 3 is 2.76 bits per heavy atom. The van der Waals surface area contributed by atoms with E-state index in [0.717, 1.165) is 11.8 Å². The van der Waals surface area contributed by atoms with Crippen molar-refractivity contribution in [3.05, 3.63) is 22.4 Å². The van der Waals surface area contributed by atoms with Gasteiger partial charge in [-0.1, -0.05) is 17.8 Å². The highest BCUT2D eigenvalue weighted by Gasteiger charge is 2.18. The Kier molecular flexibility index (Phi) is 5.17. The fourth-order valence-electron chi connectivity index (χ4n) is 0.970. The Morgan fingerprint density at radius 1 is 1.53 bits per heavy atom. The van der Waals surface area contributed by atoms with Crippen LogP contribution in [0.4, 0.5) is 0 Å². The lowest BCUT2D eigenvalue weighted by Crippen LogP contribution is -2.40. The molecule has 0 radical (unpaired) electrons. The predicted molar refractivity (Wildman–Crippen MR) is 63.7 cm³/mol. The van der Waals surface area contributed by atoms with E-state index < -0.39 is 23.7 Å². The zero-order chi connectivity index (χ0) is 12.8. The van der Waals surface area contributed by atoms with Crippen molar-refractivity contribution in [3.8, 4) is 0 Å². The van der Waals surface area contributed by atoms with Crippen LogP contribution in [0.25, 0.3) is 0 Å². The molecule has 0 spiro atoms. The average molecular weight is 272 g/mol. The van der Waals surface area contributed by atoms with Gasteiger partial charge >= 0.3 is 0 Å². The van der Waals surface area contributed by atoms with Crippen molar-refractivity contribution in [1.82, 2.24) is 5.32 Å². The number of nitrogens with one attached hydrogen (secondary N) is 1. The Balaban J connectivity index is 2.43. The van der Waals surface area contributed by atoms with E-state index in [2.05, 4.69) is 5.32 Å². The molecule has 17 heavy (non-hydrogen) atoms. The molecule has 7 heteroatoms. The SMILES string of the molecule is C[C@@H](SC(=O)c1cccs1)C(=O)NCC(=O)[O-]. The van der Waals surface area contributed by atoms with E-state index in [0.29, 0.717) is 4.88 Å². The molecule has 1 atom stereocenters. The van der Waals surface area contributed by atoms with E-state index in [9.17, 15) is 19.5 Å². The summed E-state index contributed by atoms with van der Waals surface area (Å²) in [7, 11) is 0. The van der Waals surface area contributed by atoms with Gasteiger partial charge in [0.2, 0.25) is 11.0 Å². The third-order valence-corrected chi connectivity index (χ3v) is 3.78. The molecule has 5 nitrogen and oxygen atoms in total. The molecular weight excluding hydrogens is 262 g/mol. The fraction of sp³-hybridized carbons (Fsp3) is 0.300. The molecule has 0 saturated carbocycles. The summed E-state index contributed by atoms with van der Waals surface area (Å²) in [6.07, 6.45) is 0. The smallest absolute Gasteiger partial charge is 0.233 e. The molecule has 0 bridgehead atoms. The third kappa shape index (κ3) is 4.58. The monoisotopic (exact) mass is 272 g/mol. The summed E-state index contributed by atoms with van der Waals surface area (Å²) in [6, 6.07) is 3.42. The van der Waals surface area contributed by atoms with Gasteiger partial charge in [-0.25, -0.2) is 0 Å². The maximum Gasteiger partial charge on any atom is 0.233 e. The molecule has 1 amide bonds. The van der Waals surface area contributed by atoms with Crippen LogP contribution in [0.2, 0.25) is 0 Å². The molecule has 92 valence electrons. The highest BCUT2D eigenvalue weighted by Crippen LogP contribution is 2.21. The van der Waals surface area contributed by atoms with Gasteiger partial charge in [0.1, 0.15) is 0 Å². The van der Waals surface area contributed by atoms with Crippen molar-refractivity contribution >= 4 is 40.1 Å². The minimum absolute atomic E-state index is 0.198. The normalized spacial score (nSPS) is 11.8. The lowest BCUT2D eigenvalue weighted by atomic mass is 10.4. The molecule has 0 unspecified atom stereocenters. The Bertz CT molecular complexity index is 416. The quantitative estimate of drug-likeness (QED) is 0.807. The predicted octanol–water partition coefficient (Wildman–Crippen LogP) is -0.124. The van der Waals surface area contributed by atoms with Gasteiger partial charge in [0, 0.05) is 0 Å². The number of thiophene rings is 1. The minimum Gasteiger partial charge on any atom is -0.548 e. The van der Waals surface area contributed by atoms with Crippen molar-refractivity contribution in [3.63, 3.8) is 0 Å². The van der Waals surface area contributed by atoms with E-state index in [1.54, 1.807) is 24.4 Å². The van der Waals surface area contributed by atoms with Crippen LogP contribution in [0.15, 0.2) is 17.5 Å². The first-order valence-electron chi connectivity index (χ1n) is 4.72. The maximum atomic E-state index is 11.6. The Hall–Kier alpha value is -1.34.